The lowest BCUT2D eigenvalue weighted by Crippen LogP contribution is -2.10. The first-order valence-electron chi connectivity index (χ1n) is 6.89. The van der Waals surface area contributed by atoms with E-state index in [0.717, 1.165) is 40.9 Å². The van der Waals surface area contributed by atoms with Crippen LogP contribution < -0.4 is 0 Å². The molecule has 5 heteroatoms. The predicted octanol–water partition coefficient (Wildman–Crippen LogP) is 4.28. The Kier molecular flexibility index (Phi) is 3.67. The zero-order valence-electron chi connectivity index (χ0n) is 12.0. The Bertz CT molecular complexity index is 840. The highest BCUT2D eigenvalue weighted by molar-refractivity contribution is 5.88. The molecule has 0 unspecified atom stereocenters. The van der Waals surface area contributed by atoms with Crippen molar-refractivity contribution in [3.05, 3.63) is 65.4 Å². The van der Waals surface area contributed by atoms with E-state index in [1.165, 1.54) is 18.2 Å². The highest BCUT2D eigenvalue weighted by Gasteiger charge is 2.25. The van der Waals surface area contributed by atoms with Gasteiger partial charge in [0.05, 0.1) is 5.52 Å². The average molecular weight is 321 g/mol. The van der Waals surface area contributed by atoms with Crippen LogP contribution in [-0.2, 0) is 13.1 Å². The minimum atomic E-state index is -0.255. The van der Waals surface area contributed by atoms with Crippen molar-refractivity contribution in [2.45, 2.75) is 13.1 Å². The van der Waals surface area contributed by atoms with Crippen molar-refractivity contribution < 1.29 is 8.78 Å². The van der Waals surface area contributed by atoms with E-state index < -0.39 is 0 Å². The maximum absolute atomic E-state index is 13.6. The minimum Gasteiger partial charge on any atom is -0.312 e. The van der Waals surface area contributed by atoms with E-state index in [1.807, 2.05) is 7.05 Å². The normalized spacial score (nSPS) is 14.1. The lowest BCUT2D eigenvalue weighted by Gasteiger charge is -2.12. The molecule has 1 aliphatic heterocycles. The molecule has 114 valence electrons. The molecule has 2 aromatic carbocycles. The van der Waals surface area contributed by atoms with Gasteiger partial charge in [0.2, 0.25) is 0 Å². The maximum atomic E-state index is 13.6. The summed E-state index contributed by atoms with van der Waals surface area (Å²) in [5.41, 5.74) is 4.20. The summed E-state index contributed by atoms with van der Waals surface area (Å²) in [6, 6.07) is 11.3. The van der Waals surface area contributed by atoms with Crippen molar-refractivity contribution in [3.63, 3.8) is 0 Å². The fraction of sp³-hybridized carbons (Fsp3) is 0.176. The lowest BCUT2D eigenvalue weighted by atomic mass is 10.1. The molecule has 0 atom stereocenters. The highest BCUT2D eigenvalue weighted by atomic mass is 35.5. The Hall–Kier alpha value is -1.91. The van der Waals surface area contributed by atoms with Crippen LogP contribution in [0.5, 0.6) is 0 Å². The molecule has 3 aromatic rings. The maximum Gasteiger partial charge on any atom is 0.123 e. The van der Waals surface area contributed by atoms with Gasteiger partial charge in [-0.2, -0.15) is 0 Å². The molecule has 1 aliphatic rings. The first-order valence-corrected chi connectivity index (χ1v) is 6.89. The summed E-state index contributed by atoms with van der Waals surface area (Å²) < 4.78 is 28.9. The van der Waals surface area contributed by atoms with Gasteiger partial charge in [0.15, 0.2) is 0 Å². The second-order valence-electron chi connectivity index (χ2n) is 5.57. The molecule has 0 fully saturated rings. The Balaban J connectivity index is 0.00000144. The molecule has 0 N–H and O–H groups in total. The zero-order valence-corrected chi connectivity index (χ0v) is 12.8. The fourth-order valence-corrected chi connectivity index (χ4v) is 3.19. The van der Waals surface area contributed by atoms with Crippen LogP contribution in [0.1, 0.15) is 11.3 Å². The van der Waals surface area contributed by atoms with Gasteiger partial charge in [0.25, 0.3) is 0 Å². The smallest absolute Gasteiger partial charge is 0.123 e. The molecular weight excluding hydrogens is 306 g/mol. The summed E-state index contributed by atoms with van der Waals surface area (Å²) >= 11 is 0. The molecule has 0 amide bonds. The predicted molar refractivity (Wildman–Crippen MR) is 85.6 cm³/mol. The molecule has 1 aromatic heterocycles. The minimum absolute atomic E-state index is 0. The molecule has 2 heterocycles. The summed E-state index contributed by atoms with van der Waals surface area (Å²) in [4.78, 5) is 2.19. The molecule has 0 saturated heterocycles. The van der Waals surface area contributed by atoms with Crippen LogP contribution in [0.15, 0.2) is 42.5 Å². The summed E-state index contributed by atoms with van der Waals surface area (Å²) in [5, 5.41) is 0.943. The average Bonchev–Trinajstić information content (AvgIpc) is 2.95. The molecule has 2 nitrogen and oxygen atoms in total. The quantitative estimate of drug-likeness (QED) is 0.650. The van der Waals surface area contributed by atoms with Gasteiger partial charge in [-0.05, 0) is 55.1 Å². The molecule has 0 spiro atoms. The molecule has 4 rings (SSSR count). The second-order valence-corrected chi connectivity index (χ2v) is 5.57. The van der Waals surface area contributed by atoms with Crippen LogP contribution in [0.3, 0.4) is 0 Å². The van der Waals surface area contributed by atoms with Gasteiger partial charge in [-0.1, -0.05) is 0 Å². The van der Waals surface area contributed by atoms with Crippen molar-refractivity contribution in [1.82, 2.24) is 9.47 Å². The number of hydrogen-bond donors (Lipinski definition) is 0. The van der Waals surface area contributed by atoms with E-state index in [0.29, 0.717) is 0 Å². The number of nitrogens with zero attached hydrogens (tertiary/aromatic N) is 2. The van der Waals surface area contributed by atoms with Crippen molar-refractivity contribution in [2.75, 3.05) is 7.05 Å². The largest absolute Gasteiger partial charge is 0.312 e. The van der Waals surface area contributed by atoms with E-state index in [-0.39, 0.29) is 24.0 Å². The molecule has 0 saturated carbocycles. The Morgan fingerprint density at radius 1 is 0.909 bits per heavy atom. The van der Waals surface area contributed by atoms with Gasteiger partial charge < -0.3 is 4.57 Å². The number of rotatable bonds is 1. The van der Waals surface area contributed by atoms with Crippen LogP contribution in [0.2, 0.25) is 0 Å². The fourth-order valence-electron chi connectivity index (χ4n) is 3.19. The van der Waals surface area contributed by atoms with Gasteiger partial charge in [-0.3, -0.25) is 4.90 Å². The van der Waals surface area contributed by atoms with E-state index >= 15 is 0 Å². The first-order chi connectivity index (χ1) is 10.1. The van der Waals surface area contributed by atoms with Gasteiger partial charge in [-0.15, -0.1) is 12.4 Å². The number of benzene rings is 2. The third-order valence-corrected chi connectivity index (χ3v) is 4.08. The van der Waals surface area contributed by atoms with E-state index in [9.17, 15) is 8.78 Å². The number of halogens is 3. The first kappa shape index (κ1) is 15.0. The Labute approximate surface area is 133 Å². The zero-order chi connectivity index (χ0) is 14.6. The topological polar surface area (TPSA) is 8.17 Å². The lowest BCUT2D eigenvalue weighted by molar-refractivity contribution is 0.349. The monoisotopic (exact) mass is 320 g/mol. The standard InChI is InChI=1S/C17H14F2N2.ClH/c1-20-9-15-14-8-12(19)4-7-16(14)21(17(15)10-20)13-5-2-11(18)3-6-13;/h2-8H,9-10H2,1H3;1H. The van der Waals surface area contributed by atoms with Crippen LogP contribution >= 0.6 is 12.4 Å². The van der Waals surface area contributed by atoms with Crippen molar-refractivity contribution in [3.8, 4) is 5.69 Å². The van der Waals surface area contributed by atoms with Gasteiger partial charge in [0, 0.05) is 29.9 Å². The summed E-state index contributed by atoms with van der Waals surface area (Å²) in [7, 11) is 2.04. The second kappa shape index (κ2) is 5.38. The van der Waals surface area contributed by atoms with Crippen LogP contribution in [0, 0.1) is 11.6 Å². The SMILES string of the molecule is CN1Cc2c(n(-c3ccc(F)cc3)c3ccc(F)cc23)C1.Cl. The molecule has 0 aliphatic carbocycles. The van der Waals surface area contributed by atoms with E-state index in [2.05, 4.69) is 9.47 Å². The number of aromatic nitrogens is 1. The number of fused-ring (bicyclic) bond motifs is 3. The van der Waals surface area contributed by atoms with Gasteiger partial charge >= 0.3 is 0 Å². The van der Waals surface area contributed by atoms with Crippen molar-refractivity contribution in [2.24, 2.45) is 0 Å². The molecule has 22 heavy (non-hydrogen) atoms. The summed E-state index contributed by atoms with van der Waals surface area (Å²) in [6.45, 7) is 1.62. The van der Waals surface area contributed by atoms with Gasteiger partial charge in [0.1, 0.15) is 11.6 Å². The third-order valence-electron chi connectivity index (χ3n) is 4.08. The Morgan fingerprint density at radius 3 is 2.32 bits per heavy atom. The molecule has 0 radical (unpaired) electrons. The Morgan fingerprint density at radius 2 is 1.59 bits per heavy atom. The third kappa shape index (κ3) is 2.19. The van der Waals surface area contributed by atoms with E-state index in [1.54, 1.807) is 24.3 Å². The van der Waals surface area contributed by atoms with Crippen LogP contribution in [-0.4, -0.2) is 16.5 Å². The molecule has 0 bridgehead atoms. The number of hydrogen-bond acceptors (Lipinski definition) is 1. The van der Waals surface area contributed by atoms with Crippen molar-refractivity contribution >= 4 is 23.3 Å². The van der Waals surface area contributed by atoms with Crippen LogP contribution in [0.25, 0.3) is 16.6 Å². The van der Waals surface area contributed by atoms with Crippen LogP contribution in [0.4, 0.5) is 8.78 Å². The van der Waals surface area contributed by atoms with E-state index in [4.69, 9.17) is 0 Å². The molecular formula is C17H15ClF2N2. The highest BCUT2D eigenvalue weighted by Crippen LogP contribution is 2.35. The summed E-state index contributed by atoms with van der Waals surface area (Å²) in [6.07, 6.45) is 0. The van der Waals surface area contributed by atoms with Gasteiger partial charge in [-0.25, -0.2) is 8.78 Å². The van der Waals surface area contributed by atoms with Crippen molar-refractivity contribution in [1.29, 1.82) is 0 Å². The summed E-state index contributed by atoms with van der Waals surface area (Å²) in [5.74, 6) is -0.480.